The molecule has 0 amide bonds. The molecule has 78 valence electrons. The molecule has 15 heavy (non-hydrogen) atoms. The lowest BCUT2D eigenvalue weighted by Gasteiger charge is -2.05. The van der Waals surface area contributed by atoms with Gasteiger partial charge in [0, 0.05) is 0 Å². The van der Waals surface area contributed by atoms with E-state index in [0.29, 0.717) is 0 Å². The van der Waals surface area contributed by atoms with Crippen molar-refractivity contribution in [1.29, 1.82) is 5.26 Å². The number of carbonyl (C=O) groups is 1. The molecule has 1 heterocycles. The SMILES string of the molecule is N#Cc1c(C(=O)Cl)cc(Cl)nc1C(F)F. The van der Waals surface area contributed by atoms with Crippen molar-refractivity contribution in [3.63, 3.8) is 0 Å². The Kier molecular flexibility index (Phi) is 3.56. The van der Waals surface area contributed by atoms with E-state index in [1.807, 2.05) is 0 Å². The predicted molar refractivity (Wildman–Crippen MR) is 49.1 cm³/mol. The Morgan fingerprint density at radius 2 is 2.20 bits per heavy atom. The number of hydrogen-bond donors (Lipinski definition) is 0. The maximum atomic E-state index is 12.4. The zero-order valence-corrected chi connectivity index (χ0v) is 8.48. The van der Waals surface area contributed by atoms with Gasteiger partial charge in [-0.1, -0.05) is 11.6 Å². The molecule has 0 radical (unpaired) electrons. The van der Waals surface area contributed by atoms with Gasteiger partial charge < -0.3 is 0 Å². The quantitative estimate of drug-likeness (QED) is 0.599. The molecule has 0 aliphatic rings. The molecule has 1 aromatic rings. The van der Waals surface area contributed by atoms with Crippen molar-refractivity contribution in [3.05, 3.63) is 28.0 Å². The monoisotopic (exact) mass is 250 g/mol. The van der Waals surface area contributed by atoms with E-state index in [9.17, 15) is 13.6 Å². The highest BCUT2D eigenvalue weighted by atomic mass is 35.5. The second-order valence-electron chi connectivity index (χ2n) is 2.44. The van der Waals surface area contributed by atoms with Gasteiger partial charge in [0.25, 0.3) is 11.7 Å². The van der Waals surface area contributed by atoms with Gasteiger partial charge in [0.15, 0.2) is 0 Å². The second kappa shape index (κ2) is 4.51. The van der Waals surface area contributed by atoms with Crippen LogP contribution >= 0.6 is 23.2 Å². The average Bonchev–Trinajstić information content (AvgIpc) is 2.16. The molecule has 0 bridgehead atoms. The number of pyridine rings is 1. The number of nitriles is 1. The second-order valence-corrected chi connectivity index (χ2v) is 3.17. The Balaban J connectivity index is 3.54. The first-order valence-electron chi connectivity index (χ1n) is 3.56. The third-order valence-corrected chi connectivity index (χ3v) is 1.94. The highest BCUT2D eigenvalue weighted by Crippen LogP contribution is 2.26. The highest BCUT2D eigenvalue weighted by molar-refractivity contribution is 6.68. The third-order valence-electron chi connectivity index (χ3n) is 1.55. The molecule has 0 unspecified atom stereocenters. The first kappa shape index (κ1) is 11.8. The van der Waals surface area contributed by atoms with E-state index in [-0.39, 0.29) is 10.7 Å². The van der Waals surface area contributed by atoms with Crippen LogP contribution in [0.25, 0.3) is 0 Å². The number of nitrogens with zero attached hydrogens (tertiary/aromatic N) is 2. The Hall–Kier alpha value is -1.25. The number of alkyl halides is 2. The Morgan fingerprint density at radius 1 is 1.60 bits per heavy atom. The van der Waals surface area contributed by atoms with E-state index in [2.05, 4.69) is 4.98 Å². The highest BCUT2D eigenvalue weighted by Gasteiger charge is 2.22. The number of carbonyl (C=O) groups excluding carboxylic acids is 1. The van der Waals surface area contributed by atoms with Crippen LogP contribution in [0.3, 0.4) is 0 Å². The van der Waals surface area contributed by atoms with Gasteiger partial charge in [-0.05, 0) is 17.7 Å². The fourth-order valence-corrected chi connectivity index (χ4v) is 1.31. The van der Waals surface area contributed by atoms with Gasteiger partial charge in [-0.15, -0.1) is 0 Å². The summed E-state index contributed by atoms with van der Waals surface area (Å²) in [5.41, 5.74) is -1.75. The minimum atomic E-state index is -2.99. The van der Waals surface area contributed by atoms with Crippen LogP contribution in [0.5, 0.6) is 0 Å². The van der Waals surface area contributed by atoms with Crippen LogP contribution in [0, 0.1) is 11.3 Å². The summed E-state index contributed by atoms with van der Waals surface area (Å²) in [4.78, 5) is 14.1. The molecule has 1 aromatic heterocycles. The van der Waals surface area contributed by atoms with Gasteiger partial charge >= 0.3 is 0 Å². The molecule has 0 aliphatic carbocycles. The molecular weight excluding hydrogens is 249 g/mol. The fraction of sp³-hybridized carbons (Fsp3) is 0.125. The van der Waals surface area contributed by atoms with Crippen molar-refractivity contribution in [3.8, 4) is 6.07 Å². The van der Waals surface area contributed by atoms with E-state index in [4.69, 9.17) is 28.5 Å². The molecule has 1 rings (SSSR count). The first-order chi connectivity index (χ1) is 6.97. The molecular formula is C8H2Cl2F2N2O. The van der Waals surface area contributed by atoms with Gasteiger partial charge in [0.2, 0.25) is 0 Å². The lowest BCUT2D eigenvalue weighted by atomic mass is 10.1. The van der Waals surface area contributed by atoms with Crippen molar-refractivity contribution in [2.45, 2.75) is 6.43 Å². The summed E-state index contributed by atoms with van der Waals surface area (Å²) in [5, 5.41) is 7.27. The smallest absolute Gasteiger partial charge is 0.276 e. The lowest BCUT2D eigenvalue weighted by Crippen LogP contribution is -2.03. The molecule has 7 heteroatoms. The largest absolute Gasteiger partial charge is 0.281 e. The Bertz CT molecular complexity index is 457. The summed E-state index contributed by atoms with van der Waals surface area (Å²) in [7, 11) is 0. The molecule has 0 spiro atoms. The van der Waals surface area contributed by atoms with Crippen molar-refractivity contribution < 1.29 is 13.6 Å². The Morgan fingerprint density at radius 3 is 2.60 bits per heavy atom. The number of halogens is 4. The maximum absolute atomic E-state index is 12.4. The molecule has 3 nitrogen and oxygen atoms in total. The maximum Gasteiger partial charge on any atom is 0.281 e. The predicted octanol–water partition coefficient (Wildman–Crippen LogP) is 2.92. The number of hydrogen-bond acceptors (Lipinski definition) is 3. The summed E-state index contributed by atoms with van der Waals surface area (Å²) in [6.45, 7) is 0. The van der Waals surface area contributed by atoms with Crippen LogP contribution in [0.2, 0.25) is 5.15 Å². The topological polar surface area (TPSA) is 53.8 Å². The van der Waals surface area contributed by atoms with Crippen LogP contribution in [0.1, 0.15) is 28.0 Å². The summed E-state index contributed by atoms with van der Waals surface area (Å²) < 4.78 is 24.8. The van der Waals surface area contributed by atoms with Crippen LogP contribution in [-0.2, 0) is 0 Å². The van der Waals surface area contributed by atoms with E-state index in [1.54, 1.807) is 0 Å². The summed E-state index contributed by atoms with van der Waals surface area (Å²) in [6, 6.07) is 2.42. The zero-order chi connectivity index (χ0) is 11.6. The summed E-state index contributed by atoms with van der Waals surface area (Å²) in [6.07, 6.45) is -2.99. The zero-order valence-electron chi connectivity index (χ0n) is 6.97. The fourth-order valence-electron chi connectivity index (χ4n) is 0.963. The molecule has 0 N–H and O–H groups in total. The van der Waals surface area contributed by atoms with Crippen molar-refractivity contribution in [1.82, 2.24) is 4.98 Å². The molecule has 0 aromatic carbocycles. The van der Waals surface area contributed by atoms with Crippen molar-refractivity contribution in [2.75, 3.05) is 0 Å². The van der Waals surface area contributed by atoms with Crippen LogP contribution in [-0.4, -0.2) is 10.2 Å². The van der Waals surface area contributed by atoms with Gasteiger partial charge in [-0.25, -0.2) is 13.8 Å². The molecule has 0 saturated heterocycles. The average molecular weight is 251 g/mol. The minimum absolute atomic E-state index is 0.312. The number of aromatic nitrogens is 1. The van der Waals surface area contributed by atoms with E-state index in [1.165, 1.54) is 6.07 Å². The van der Waals surface area contributed by atoms with Crippen molar-refractivity contribution in [2.24, 2.45) is 0 Å². The molecule has 0 saturated carbocycles. The lowest BCUT2D eigenvalue weighted by molar-refractivity contribution is 0.108. The normalized spacial score (nSPS) is 10.1. The molecule has 0 fully saturated rings. The molecule has 0 aliphatic heterocycles. The van der Waals surface area contributed by atoms with Crippen LogP contribution in [0.4, 0.5) is 8.78 Å². The van der Waals surface area contributed by atoms with Crippen molar-refractivity contribution >= 4 is 28.4 Å². The standard InChI is InChI=1S/C8H2Cl2F2N2O/c9-5-1-3(7(10)15)4(2-13)6(14-5)8(11)12/h1,8H. The van der Waals surface area contributed by atoms with Gasteiger partial charge in [0.1, 0.15) is 16.9 Å². The molecule has 0 atom stereocenters. The van der Waals surface area contributed by atoms with E-state index in [0.717, 1.165) is 6.07 Å². The van der Waals surface area contributed by atoms with E-state index < -0.39 is 22.9 Å². The third kappa shape index (κ3) is 2.41. The van der Waals surface area contributed by atoms with Gasteiger partial charge in [-0.2, -0.15) is 5.26 Å². The van der Waals surface area contributed by atoms with Crippen LogP contribution < -0.4 is 0 Å². The summed E-state index contributed by atoms with van der Waals surface area (Å²) in [5.74, 6) is 0. The van der Waals surface area contributed by atoms with Gasteiger partial charge in [-0.3, -0.25) is 4.79 Å². The van der Waals surface area contributed by atoms with E-state index >= 15 is 0 Å². The van der Waals surface area contributed by atoms with Gasteiger partial charge in [0.05, 0.1) is 11.1 Å². The first-order valence-corrected chi connectivity index (χ1v) is 4.31. The Labute approximate surface area is 93.2 Å². The van der Waals surface area contributed by atoms with Crippen LogP contribution in [0.15, 0.2) is 6.07 Å². The summed E-state index contributed by atoms with van der Waals surface area (Å²) >= 11 is 10.5. The minimum Gasteiger partial charge on any atom is -0.276 e. The number of rotatable bonds is 2.